The first kappa shape index (κ1) is 19.5. The van der Waals surface area contributed by atoms with Crippen LogP contribution in [0.2, 0.25) is 0 Å². The predicted octanol–water partition coefficient (Wildman–Crippen LogP) is 4.51. The Bertz CT molecular complexity index is 739. The van der Waals surface area contributed by atoms with Gasteiger partial charge >= 0.3 is 0 Å². The van der Waals surface area contributed by atoms with Crippen LogP contribution in [0.3, 0.4) is 0 Å². The molecule has 26 heavy (non-hydrogen) atoms. The fraction of sp³-hybridized carbons (Fsp3) is 0.333. The quantitative estimate of drug-likeness (QED) is 0.395. The maximum Gasteiger partial charge on any atom is 0.271 e. The number of hydrazone groups is 1. The highest BCUT2D eigenvalue weighted by molar-refractivity contribution is 6.02. The molecule has 0 bridgehead atoms. The van der Waals surface area contributed by atoms with Gasteiger partial charge in [0.1, 0.15) is 11.5 Å². The van der Waals surface area contributed by atoms with E-state index >= 15 is 0 Å². The van der Waals surface area contributed by atoms with E-state index in [9.17, 15) is 9.90 Å². The molecule has 0 radical (unpaired) electrons. The molecule has 0 saturated heterocycles. The highest BCUT2D eigenvalue weighted by Gasteiger charge is 2.07. The Kier molecular flexibility index (Phi) is 7.68. The number of phenols is 1. The van der Waals surface area contributed by atoms with Crippen molar-refractivity contribution in [2.24, 2.45) is 5.10 Å². The van der Waals surface area contributed by atoms with Crippen molar-refractivity contribution in [3.63, 3.8) is 0 Å². The minimum atomic E-state index is -0.311. The molecule has 0 fully saturated rings. The fourth-order valence-electron chi connectivity index (χ4n) is 2.46. The van der Waals surface area contributed by atoms with Crippen LogP contribution < -0.4 is 10.2 Å². The zero-order valence-electron chi connectivity index (χ0n) is 15.4. The van der Waals surface area contributed by atoms with E-state index in [2.05, 4.69) is 17.5 Å². The van der Waals surface area contributed by atoms with Gasteiger partial charge in [-0.2, -0.15) is 5.10 Å². The molecule has 1 amide bonds. The highest BCUT2D eigenvalue weighted by atomic mass is 16.5. The summed E-state index contributed by atoms with van der Waals surface area (Å²) < 4.78 is 5.67. The van der Waals surface area contributed by atoms with Crippen LogP contribution in [0.1, 0.15) is 55.5 Å². The molecule has 2 aromatic carbocycles. The van der Waals surface area contributed by atoms with E-state index in [0.717, 1.165) is 12.2 Å². The first-order valence-corrected chi connectivity index (χ1v) is 8.97. The number of ether oxygens (including phenoxy) is 1. The molecule has 2 N–H and O–H groups in total. The first-order valence-electron chi connectivity index (χ1n) is 8.97. The van der Waals surface area contributed by atoms with Crippen molar-refractivity contribution in [1.82, 2.24) is 5.43 Å². The minimum Gasteiger partial charge on any atom is -0.507 e. The SMILES string of the molecule is CCCCCCOc1ccc(C(=O)N/N=C(\C)c2ccccc2O)cc1. The van der Waals surface area contributed by atoms with E-state index < -0.39 is 0 Å². The van der Waals surface area contributed by atoms with Gasteiger partial charge in [0.15, 0.2) is 0 Å². The number of aromatic hydroxyl groups is 1. The van der Waals surface area contributed by atoms with Crippen LogP contribution in [0.5, 0.6) is 11.5 Å². The van der Waals surface area contributed by atoms with Crippen LogP contribution in [-0.4, -0.2) is 23.3 Å². The van der Waals surface area contributed by atoms with Crippen LogP contribution in [0.15, 0.2) is 53.6 Å². The molecule has 5 heteroatoms. The van der Waals surface area contributed by atoms with Crippen molar-refractivity contribution in [1.29, 1.82) is 0 Å². The molecule has 0 atom stereocenters. The Labute approximate surface area is 154 Å². The van der Waals surface area contributed by atoms with Crippen molar-refractivity contribution >= 4 is 11.6 Å². The fourth-order valence-corrected chi connectivity index (χ4v) is 2.46. The number of amides is 1. The summed E-state index contributed by atoms with van der Waals surface area (Å²) in [6, 6.07) is 13.9. The van der Waals surface area contributed by atoms with Gasteiger partial charge in [0, 0.05) is 11.1 Å². The number of hydrogen-bond donors (Lipinski definition) is 2. The Morgan fingerprint density at radius 3 is 2.50 bits per heavy atom. The van der Waals surface area contributed by atoms with Crippen molar-refractivity contribution < 1.29 is 14.6 Å². The van der Waals surface area contributed by atoms with Gasteiger partial charge in [0.05, 0.1) is 12.3 Å². The molecule has 0 aliphatic rings. The lowest BCUT2D eigenvalue weighted by Crippen LogP contribution is -2.19. The molecule has 0 saturated carbocycles. The molecule has 0 aliphatic heterocycles. The summed E-state index contributed by atoms with van der Waals surface area (Å²) in [6.45, 7) is 4.60. The van der Waals surface area contributed by atoms with Crippen molar-refractivity contribution in [3.8, 4) is 11.5 Å². The van der Waals surface area contributed by atoms with Crippen LogP contribution >= 0.6 is 0 Å². The Balaban J connectivity index is 1.87. The smallest absolute Gasteiger partial charge is 0.271 e. The summed E-state index contributed by atoms with van der Waals surface area (Å²) >= 11 is 0. The van der Waals surface area contributed by atoms with Gasteiger partial charge in [-0.05, 0) is 49.7 Å². The van der Waals surface area contributed by atoms with Gasteiger partial charge in [-0.25, -0.2) is 5.43 Å². The Hall–Kier alpha value is -2.82. The average Bonchev–Trinajstić information content (AvgIpc) is 2.66. The second-order valence-corrected chi connectivity index (χ2v) is 6.09. The molecular formula is C21H26N2O3. The van der Waals surface area contributed by atoms with Crippen LogP contribution in [0.25, 0.3) is 0 Å². The van der Waals surface area contributed by atoms with Crippen LogP contribution in [-0.2, 0) is 0 Å². The molecule has 5 nitrogen and oxygen atoms in total. The summed E-state index contributed by atoms with van der Waals surface area (Å²) in [5, 5.41) is 13.9. The number of carbonyl (C=O) groups is 1. The van der Waals surface area contributed by atoms with E-state index in [-0.39, 0.29) is 11.7 Å². The number of rotatable bonds is 9. The molecule has 0 heterocycles. The van der Waals surface area contributed by atoms with Crippen molar-refractivity contribution in [3.05, 3.63) is 59.7 Å². The summed E-state index contributed by atoms with van der Waals surface area (Å²) in [4.78, 5) is 12.2. The van der Waals surface area contributed by atoms with Gasteiger partial charge in [0.2, 0.25) is 0 Å². The number of nitrogens with one attached hydrogen (secondary N) is 1. The van der Waals surface area contributed by atoms with E-state index in [4.69, 9.17) is 4.74 Å². The molecule has 138 valence electrons. The summed E-state index contributed by atoms with van der Waals surface area (Å²) in [5.41, 5.74) is 4.12. The van der Waals surface area contributed by atoms with E-state index in [0.29, 0.717) is 23.4 Å². The molecule has 2 rings (SSSR count). The predicted molar refractivity (Wildman–Crippen MR) is 104 cm³/mol. The third-order valence-corrected chi connectivity index (χ3v) is 4.00. The third kappa shape index (κ3) is 5.92. The standard InChI is InChI=1S/C21H26N2O3/c1-3-4-5-8-15-26-18-13-11-17(12-14-18)21(25)23-22-16(2)19-9-6-7-10-20(19)24/h6-7,9-14,24H,3-5,8,15H2,1-2H3,(H,23,25)/b22-16+. The molecule has 0 unspecified atom stereocenters. The average molecular weight is 354 g/mol. The number of unbranched alkanes of at least 4 members (excludes halogenated alkanes) is 3. The topological polar surface area (TPSA) is 70.9 Å². The number of nitrogens with zero attached hydrogens (tertiary/aromatic N) is 1. The van der Waals surface area contributed by atoms with Gasteiger partial charge in [-0.15, -0.1) is 0 Å². The number of hydrogen-bond acceptors (Lipinski definition) is 4. The Morgan fingerprint density at radius 1 is 1.08 bits per heavy atom. The second-order valence-electron chi connectivity index (χ2n) is 6.09. The van der Waals surface area contributed by atoms with Gasteiger partial charge < -0.3 is 9.84 Å². The number of phenolic OH excluding ortho intramolecular Hbond substituents is 1. The monoisotopic (exact) mass is 354 g/mol. The maximum absolute atomic E-state index is 12.2. The second kappa shape index (κ2) is 10.2. The zero-order valence-corrected chi connectivity index (χ0v) is 15.4. The number of para-hydroxylation sites is 1. The molecule has 0 aromatic heterocycles. The highest BCUT2D eigenvalue weighted by Crippen LogP contribution is 2.16. The molecule has 0 aliphatic carbocycles. The van der Waals surface area contributed by atoms with Crippen LogP contribution in [0.4, 0.5) is 0 Å². The molecule has 0 spiro atoms. The normalized spacial score (nSPS) is 11.2. The summed E-state index contributed by atoms with van der Waals surface area (Å²) in [6.07, 6.45) is 4.64. The van der Waals surface area contributed by atoms with E-state index in [1.165, 1.54) is 19.3 Å². The minimum absolute atomic E-state index is 0.128. The number of carbonyl (C=O) groups excluding carboxylic acids is 1. The third-order valence-electron chi connectivity index (χ3n) is 4.00. The zero-order chi connectivity index (χ0) is 18.8. The van der Waals surface area contributed by atoms with E-state index in [1.807, 2.05) is 0 Å². The lowest BCUT2D eigenvalue weighted by Gasteiger charge is -2.07. The first-order chi connectivity index (χ1) is 12.6. The van der Waals surface area contributed by atoms with E-state index in [1.54, 1.807) is 55.5 Å². The van der Waals surface area contributed by atoms with Gasteiger partial charge in [0.25, 0.3) is 5.91 Å². The van der Waals surface area contributed by atoms with Crippen LogP contribution in [0, 0.1) is 0 Å². The molecular weight excluding hydrogens is 328 g/mol. The number of benzene rings is 2. The van der Waals surface area contributed by atoms with Gasteiger partial charge in [-0.1, -0.05) is 38.3 Å². The Morgan fingerprint density at radius 2 is 1.81 bits per heavy atom. The van der Waals surface area contributed by atoms with Crippen molar-refractivity contribution in [2.45, 2.75) is 39.5 Å². The maximum atomic E-state index is 12.2. The summed E-state index contributed by atoms with van der Waals surface area (Å²) in [7, 11) is 0. The summed E-state index contributed by atoms with van der Waals surface area (Å²) in [5.74, 6) is 0.574. The van der Waals surface area contributed by atoms with Crippen molar-refractivity contribution in [2.75, 3.05) is 6.61 Å². The molecule has 2 aromatic rings. The largest absolute Gasteiger partial charge is 0.507 e. The lowest BCUT2D eigenvalue weighted by atomic mass is 10.1. The van der Waals surface area contributed by atoms with Gasteiger partial charge in [-0.3, -0.25) is 4.79 Å². The lowest BCUT2D eigenvalue weighted by molar-refractivity contribution is 0.0954.